The van der Waals surface area contributed by atoms with E-state index in [4.69, 9.17) is 11.6 Å². The lowest BCUT2D eigenvalue weighted by molar-refractivity contribution is -0.118. The highest BCUT2D eigenvalue weighted by atomic mass is 35.5. The maximum absolute atomic E-state index is 12.0. The fourth-order valence-electron chi connectivity index (χ4n) is 2.02. The maximum atomic E-state index is 12.0. The van der Waals surface area contributed by atoms with Crippen molar-refractivity contribution in [2.24, 2.45) is 0 Å². The zero-order chi connectivity index (χ0) is 12.3. The first kappa shape index (κ1) is 15.3. The van der Waals surface area contributed by atoms with E-state index in [0.717, 1.165) is 31.4 Å². The lowest BCUT2D eigenvalue weighted by atomic mass is 10.0. The van der Waals surface area contributed by atoms with Crippen LogP contribution in [0.3, 0.4) is 0 Å². The molecule has 1 aromatic carbocycles. The maximum Gasteiger partial charge on any atom is 0.241 e. The van der Waals surface area contributed by atoms with Gasteiger partial charge in [0.15, 0.2) is 0 Å². The van der Waals surface area contributed by atoms with Crippen LogP contribution in [0.4, 0.5) is 5.69 Å². The standard InChI is InChI=1S/C13H17ClN2O.ClH/c1-9-5-6-11(10(14)8-9)16-13(17)12-4-2-3-7-15-12;/h5-6,8,12,15H,2-4,7H2,1H3,(H,16,17);1H/t12-;/m1./s1. The van der Waals surface area contributed by atoms with Gasteiger partial charge in [-0.3, -0.25) is 4.79 Å². The zero-order valence-electron chi connectivity index (χ0n) is 10.3. The fourth-order valence-corrected chi connectivity index (χ4v) is 2.30. The molecule has 1 atom stereocenters. The third kappa shape index (κ3) is 3.87. The highest BCUT2D eigenvalue weighted by molar-refractivity contribution is 6.33. The molecule has 0 saturated carbocycles. The van der Waals surface area contributed by atoms with Crippen LogP contribution in [-0.2, 0) is 4.79 Å². The Hall–Kier alpha value is -0.770. The van der Waals surface area contributed by atoms with Crippen molar-refractivity contribution in [3.8, 4) is 0 Å². The minimum atomic E-state index is -0.0823. The van der Waals surface area contributed by atoms with Crippen LogP contribution in [-0.4, -0.2) is 18.5 Å². The number of hydrogen-bond acceptors (Lipinski definition) is 2. The SMILES string of the molecule is Cc1ccc(NC(=O)[C@H]2CCCCN2)c(Cl)c1.Cl. The van der Waals surface area contributed by atoms with Gasteiger partial charge in [0.25, 0.3) is 0 Å². The molecule has 0 aliphatic carbocycles. The van der Waals surface area contributed by atoms with Gasteiger partial charge in [-0.25, -0.2) is 0 Å². The van der Waals surface area contributed by atoms with Crippen LogP contribution in [0.2, 0.25) is 5.02 Å². The molecule has 1 aliphatic rings. The Bertz CT molecular complexity index is 417. The number of carbonyl (C=O) groups excluding carboxylic acids is 1. The molecule has 2 rings (SSSR count). The van der Waals surface area contributed by atoms with Gasteiger partial charge in [0.05, 0.1) is 16.8 Å². The molecule has 18 heavy (non-hydrogen) atoms. The molecule has 0 radical (unpaired) electrons. The quantitative estimate of drug-likeness (QED) is 0.878. The molecule has 1 heterocycles. The summed E-state index contributed by atoms with van der Waals surface area (Å²) < 4.78 is 0. The van der Waals surface area contributed by atoms with Crippen LogP contribution in [0.15, 0.2) is 18.2 Å². The summed E-state index contributed by atoms with van der Waals surface area (Å²) in [6.45, 7) is 2.89. The van der Waals surface area contributed by atoms with E-state index in [9.17, 15) is 4.79 Å². The number of amides is 1. The van der Waals surface area contributed by atoms with Gasteiger partial charge >= 0.3 is 0 Å². The summed E-state index contributed by atoms with van der Waals surface area (Å²) in [7, 11) is 0. The van der Waals surface area contributed by atoms with E-state index in [-0.39, 0.29) is 24.4 Å². The Kier molecular flexibility index (Phi) is 5.93. The Morgan fingerprint density at radius 3 is 2.83 bits per heavy atom. The Balaban J connectivity index is 0.00000162. The second-order valence-electron chi connectivity index (χ2n) is 4.48. The zero-order valence-corrected chi connectivity index (χ0v) is 11.9. The topological polar surface area (TPSA) is 41.1 Å². The summed E-state index contributed by atoms with van der Waals surface area (Å²) in [5.41, 5.74) is 1.78. The predicted octanol–water partition coefficient (Wildman–Crippen LogP) is 3.15. The van der Waals surface area contributed by atoms with Crippen LogP contribution in [0.5, 0.6) is 0 Å². The van der Waals surface area contributed by atoms with Gasteiger partial charge in [0.2, 0.25) is 5.91 Å². The van der Waals surface area contributed by atoms with Crippen LogP contribution < -0.4 is 10.6 Å². The number of hydrogen-bond donors (Lipinski definition) is 2. The number of benzene rings is 1. The first-order valence-electron chi connectivity index (χ1n) is 5.97. The van der Waals surface area contributed by atoms with E-state index >= 15 is 0 Å². The molecule has 0 unspecified atom stereocenters. The Morgan fingerprint density at radius 2 is 2.22 bits per heavy atom. The summed E-state index contributed by atoms with van der Waals surface area (Å²) >= 11 is 6.08. The first-order valence-corrected chi connectivity index (χ1v) is 6.35. The summed E-state index contributed by atoms with van der Waals surface area (Å²) in [6, 6.07) is 5.56. The van der Waals surface area contributed by atoms with Gasteiger partial charge in [0.1, 0.15) is 0 Å². The van der Waals surface area contributed by atoms with Gasteiger partial charge < -0.3 is 10.6 Å². The molecule has 0 bridgehead atoms. The second kappa shape index (κ2) is 6.98. The number of nitrogens with one attached hydrogen (secondary N) is 2. The molecule has 1 saturated heterocycles. The van der Waals surface area contributed by atoms with Gasteiger partial charge in [-0.2, -0.15) is 0 Å². The van der Waals surface area contributed by atoms with E-state index in [1.54, 1.807) is 0 Å². The minimum Gasteiger partial charge on any atom is -0.323 e. The van der Waals surface area contributed by atoms with Crippen molar-refractivity contribution < 1.29 is 4.79 Å². The van der Waals surface area contributed by atoms with E-state index in [2.05, 4.69) is 10.6 Å². The van der Waals surface area contributed by atoms with Crippen LogP contribution >= 0.6 is 24.0 Å². The van der Waals surface area contributed by atoms with Crippen molar-refractivity contribution in [1.82, 2.24) is 5.32 Å². The van der Waals surface area contributed by atoms with E-state index in [1.807, 2.05) is 25.1 Å². The third-order valence-electron chi connectivity index (χ3n) is 3.01. The molecule has 5 heteroatoms. The third-order valence-corrected chi connectivity index (χ3v) is 3.32. The van der Waals surface area contributed by atoms with Crippen molar-refractivity contribution in [3.63, 3.8) is 0 Å². The summed E-state index contributed by atoms with van der Waals surface area (Å²) in [5.74, 6) is 0.00968. The fraction of sp³-hybridized carbons (Fsp3) is 0.462. The molecule has 3 nitrogen and oxygen atoms in total. The smallest absolute Gasteiger partial charge is 0.241 e. The van der Waals surface area contributed by atoms with Crippen molar-refractivity contribution in [3.05, 3.63) is 28.8 Å². The summed E-state index contributed by atoms with van der Waals surface area (Å²) in [4.78, 5) is 12.0. The molecule has 0 aromatic heterocycles. The predicted molar refractivity (Wildman–Crippen MR) is 77.7 cm³/mol. The number of piperidine rings is 1. The van der Waals surface area contributed by atoms with Gasteiger partial charge in [-0.15, -0.1) is 12.4 Å². The van der Waals surface area contributed by atoms with E-state index in [1.165, 1.54) is 0 Å². The number of rotatable bonds is 2. The molecule has 1 fully saturated rings. The van der Waals surface area contributed by atoms with E-state index in [0.29, 0.717) is 10.7 Å². The molecule has 100 valence electrons. The molecular weight excluding hydrogens is 271 g/mol. The van der Waals surface area contributed by atoms with Crippen molar-refractivity contribution >= 4 is 35.6 Å². The largest absolute Gasteiger partial charge is 0.323 e. The molecule has 1 aliphatic heterocycles. The molecule has 2 N–H and O–H groups in total. The Morgan fingerprint density at radius 1 is 1.44 bits per heavy atom. The molecular formula is C13H18Cl2N2O. The highest BCUT2D eigenvalue weighted by Gasteiger charge is 2.20. The van der Waals surface area contributed by atoms with Crippen LogP contribution in [0.1, 0.15) is 24.8 Å². The van der Waals surface area contributed by atoms with Crippen LogP contribution in [0, 0.1) is 6.92 Å². The average Bonchev–Trinajstić information content (AvgIpc) is 2.34. The monoisotopic (exact) mass is 288 g/mol. The average molecular weight is 289 g/mol. The van der Waals surface area contributed by atoms with Crippen molar-refractivity contribution in [1.29, 1.82) is 0 Å². The van der Waals surface area contributed by atoms with Crippen LogP contribution in [0.25, 0.3) is 0 Å². The molecule has 1 aromatic rings. The van der Waals surface area contributed by atoms with Crippen molar-refractivity contribution in [2.45, 2.75) is 32.2 Å². The number of halogens is 2. The minimum absolute atomic E-state index is 0. The normalized spacial score (nSPS) is 18.9. The van der Waals surface area contributed by atoms with Gasteiger partial charge in [0, 0.05) is 0 Å². The highest BCUT2D eigenvalue weighted by Crippen LogP contribution is 2.23. The summed E-state index contributed by atoms with van der Waals surface area (Å²) in [5, 5.41) is 6.68. The van der Waals surface area contributed by atoms with E-state index < -0.39 is 0 Å². The van der Waals surface area contributed by atoms with Crippen molar-refractivity contribution in [2.75, 3.05) is 11.9 Å². The number of aryl methyl sites for hydroxylation is 1. The Labute approximate surface area is 119 Å². The lowest BCUT2D eigenvalue weighted by Crippen LogP contribution is -2.43. The summed E-state index contributed by atoms with van der Waals surface area (Å²) in [6.07, 6.45) is 3.15. The number of carbonyl (C=O) groups is 1. The van der Waals surface area contributed by atoms with Gasteiger partial charge in [-0.05, 0) is 44.0 Å². The lowest BCUT2D eigenvalue weighted by Gasteiger charge is -2.22. The second-order valence-corrected chi connectivity index (χ2v) is 4.88. The molecule has 0 spiro atoms. The first-order chi connectivity index (χ1) is 8.16. The molecule has 1 amide bonds. The number of anilines is 1. The van der Waals surface area contributed by atoms with Gasteiger partial charge in [-0.1, -0.05) is 24.1 Å².